The molecule has 2 aliphatic rings. The van der Waals surface area contributed by atoms with Gasteiger partial charge < -0.3 is 20.5 Å². The molecular formula is C32H38F2N6O4S. The van der Waals surface area contributed by atoms with Gasteiger partial charge in [-0.2, -0.15) is 9.61 Å². The van der Waals surface area contributed by atoms with Gasteiger partial charge in [0.05, 0.1) is 53.3 Å². The predicted octanol–water partition coefficient (Wildman–Crippen LogP) is 4.98. The molecule has 0 bridgehead atoms. The summed E-state index contributed by atoms with van der Waals surface area (Å²) in [5.74, 6) is -0.746. The average molecular weight is 641 g/mol. The maximum atomic E-state index is 15.4. The smallest absolute Gasteiger partial charge is 0.229 e. The summed E-state index contributed by atoms with van der Waals surface area (Å²) in [6.45, 7) is 3.34. The number of anilines is 2. The van der Waals surface area contributed by atoms with Crippen LogP contribution in [0, 0.1) is 17.6 Å². The number of rotatable bonds is 9. The number of ether oxygens (including phenoxy) is 2. The molecule has 0 radical (unpaired) electrons. The topological polar surface area (TPSA) is 134 Å². The molecule has 0 unspecified atom stereocenters. The maximum absolute atomic E-state index is 15.4. The first-order chi connectivity index (χ1) is 21.6. The molecule has 6 rings (SSSR count). The van der Waals surface area contributed by atoms with Gasteiger partial charge in [0, 0.05) is 31.7 Å². The molecule has 3 aromatic heterocycles. The van der Waals surface area contributed by atoms with Crippen LogP contribution in [-0.4, -0.2) is 72.0 Å². The molecule has 4 heterocycles. The highest BCUT2D eigenvalue weighted by molar-refractivity contribution is 7.90. The van der Waals surface area contributed by atoms with Gasteiger partial charge in [0.1, 0.15) is 21.5 Å². The van der Waals surface area contributed by atoms with Crippen LogP contribution >= 0.6 is 0 Å². The normalized spacial score (nSPS) is 23.0. The number of fused-ring (bicyclic) bond motifs is 1. The van der Waals surface area contributed by atoms with E-state index in [1.54, 1.807) is 30.7 Å². The minimum atomic E-state index is -3.12. The summed E-state index contributed by atoms with van der Waals surface area (Å²) >= 11 is 0. The number of imidazole rings is 1. The van der Waals surface area contributed by atoms with Gasteiger partial charge in [0.2, 0.25) is 5.95 Å². The van der Waals surface area contributed by atoms with Gasteiger partial charge in [-0.3, -0.25) is 4.98 Å². The van der Waals surface area contributed by atoms with E-state index in [4.69, 9.17) is 15.2 Å². The highest BCUT2D eigenvalue weighted by Crippen LogP contribution is 2.40. The average Bonchev–Trinajstić information content (AvgIpc) is 3.40. The van der Waals surface area contributed by atoms with Crippen molar-refractivity contribution in [3.63, 3.8) is 0 Å². The van der Waals surface area contributed by atoms with Crippen LogP contribution < -0.4 is 11.1 Å². The van der Waals surface area contributed by atoms with Crippen molar-refractivity contribution in [2.24, 2.45) is 11.7 Å². The van der Waals surface area contributed by atoms with Crippen molar-refractivity contribution in [2.45, 2.75) is 56.6 Å². The van der Waals surface area contributed by atoms with Crippen LogP contribution in [0.3, 0.4) is 0 Å². The van der Waals surface area contributed by atoms with Gasteiger partial charge in [-0.15, -0.1) is 0 Å². The Kier molecular flexibility index (Phi) is 9.14. The fraction of sp³-hybridized carbons (Fsp3) is 0.469. The third-order valence-corrected chi connectivity index (χ3v) is 9.81. The lowest BCUT2D eigenvalue weighted by molar-refractivity contribution is -0.0152. The summed E-state index contributed by atoms with van der Waals surface area (Å²) in [7, 11) is -3.12. The van der Waals surface area contributed by atoms with Gasteiger partial charge in [0.15, 0.2) is 0 Å². The van der Waals surface area contributed by atoms with Crippen LogP contribution in [0.2, 0.25) is 0 Å². The molecule has 4 aromatic rings. The second-order valence-corrected chi connectivity index (χ2v) is 14.5. The number of pyridine rings is 1. The van der Waals surface area contributed by atoms with Crippen molar-refractivity contribution in [1.29, 1.82) is 0 Å². The lowest BCUT2D eigenvalue weighted by Gasteiger charge is -2.39. The fourth-order valence-electron chi connectivity index (χ4n) is 6.63. The molecule has 13 heteroatoms. The molecule has 0 amide bonds. The van der Waals surface area contributed by atoms with Gasteiger partial charge >= 0.3 is 0 Å². The van der Waals surface area contributed by atoms with Crippen molar-refractivity contribution in [1.82, 2.24) is 19.6 Å². The number of hydrogen-bond acceptors (Lipinski definition) is 9. The number of nitrogens with zero attached hydrogens (tertiary/aromatic N) is 4. The minimum Gasteiger partial charge on any atom is -0.381 e. The van der Waals surface area contributed by atoms with E-state index in [-0.39, 0.29) is 53.5 Å². The van der Waals surface area contributed by atoms with Crippen LogP contribution in [0.25, 0.3) is 16.8 Å². The number of nitrogens with one attached hydrogen (secondary N) is 1. The van der Waals surface area contributed by atoms with Crippen LogP contribution in [0.5, 0.6) is 0 Å². The van der Waals surface area contributed by atoms with E-state index >= 15 is 8.78 Å². The number of hydrogen-bond donors (Lipinski definition) is 2. The van der Waals surface area contributed by atoms with Gasteiger partial charge in [-0.05, 0) is 84.9 Å². The number of sulfone groups is 1. The van der Waals surface area contributed by atoms with Crippen molar-refractivity contribution in [2.75, 3.05) is 37.1 Å². The molecule has 1 aliphatic carbocycles. The Morgan fingerprint density at radius 1 is 1.09 bits per heavy atom. The van der Waals surface area contributed by atoms with Crippen molar-refractivity contribution >= 4 is 27.0 Å². The SMILES string of the molecule is C[C@H]1C[C@@H](c2ccncc2Nc2ncc3ccc(-c4c(F)cc(C5CCOCC5)cc4F)nn23)C[C@@H](N)[C@H]1OCCS(C)(=O)=O. The quantitative estimate of drug-likeness (QED) is 0.260. The second-order valence-electron chi connectivity index (χ2n) is 12.2. The summed E-state index contributed by atoms with van der Waals surface area (Å²) in [5, 5.41) is 7.91. The monoisotopic (exact) mass is 640 g/mol. The van der Waals surface area contributed by atoms with Crippen LogP contribution in [0.1, 0.15) is 55.6 Å². The molecule has 1 aromatic carbocycles. The zero-order valence-electron chi connectivity index (χ0n) is 25.3. The van der Waals surface area contributed by atoms with Gasteiger partial charge in [-0.25, -0.2) is 22.2 Å². The molecule has 10 nitrogen and oxygen atoms in total. The van der Waals surface area contributed by atoms with E-state index in [1.807, 2.05) is 6.07 Å². The lowest BCUT2D eigenvalue weighted by atomic mass is 9.74. The standard InChI is InChI=1S/C32H38F2N6O4S/c1-19-13-22(16-27(35)31(19)44-11-12-45(2,41)42)24-5-8-36-18-29(24)38-32-37-17-23-3-4-28(39-40(23)32)30-25(33)14-21(15-26(30)34)20-6-9-43-10-7-20/h3-5,8,14-15,17-20,22,27,31H,6-7,9-13,16,35H2,1-2H3,(H,37,38)/t19-,22+,27+,31-/m0/s1. The highest BCUT2D eigenvalue weighted by Gasteiger charge is 2.36. The predicted molar refractivity (Wildman–Crippen MR) is 167 cm³/mol. The lowest BCUT2D eigenvalue weighted by Crippen LogP contribution is -2.47. The molecule has 1 saturated heterocycles. The van der Waals surface area contributed by atoms with Crippen molar-refractivity contribution in [3.8, 4) is 11.3 Å². The molecule has 240 valence electrons. The first kappa shape index (κ1) is 31.5. The Labute approximate surface area is 261 Å². The fourth-order valence-corrected chi connectivity index (χ4v) is 7.03. The van der Waals surface area contributed by atoms with E-state index in [9.17, 15) is 8.42 Å². The van der Waals surface area contributed by atoms with Crippen molar-refractivity contribution < 1.29 is 26.7 Å². The summed E-state index contributed by atoms with van der Waals surface area (Å²) in [6, 6.07) is 7.79. The zero-order valence-corrected chi connectivity index (χ0v) is 26.1. The first-order valence-corrected chi connectivity index (χ1v) is 17.3. The van der Waals surface area contributed by atoms with E-state index < -0.39 is 21.5 Å². The molecule has 2 fully saturated rings. The Bertz CT molecular complexity index is 1740. The van der Waals surface area contributed by atoms with Crippen molar-refractivity contribution in [3.05, 3.63) is 71.7 Å². The van der Waals surface area contributed by atoms with E-state index in [0.29, 0.717) is 36.7 Å². The Morgan fingerprint density at radius 3 is 2.56 bits per heavy atom. The highest BCUT2D eigenvalue weighted by atomic mass is 32.2. The van der Waals surface area contributed by atoms with E-state index in [0.717, 1.165) is 30.5 Å². The number of halogens is 2. The first-order valence-electron chi connectivity index (χ1n) is 15.2. The third kappa shape index (κ3) is 7.01. The second kappa shape index (κ2) is 13.1. The van der Waals surface area contributed by atoms with Crippen LogP contribution in [-0.2, 0) is 19.3 Å². The summed E-state index contributed by atoms with van der Waals surface area (Å²) in [4.78, 5) is 8.81. The summed E-state index contributed by atoms with van der Waals surface area (Å²) < 4.78 is 66.7. The zero-order chi connectivity index (χ0) is 31.7. The van der Waals surface area contributed by atoms with Gasteiger partial charge in [-0.1, -0.05) is 6.92 Å². The molecule has 4 atom stereocenters. The summed E-state index contributed by atoms with van der Waals surface area (Å²) in [5.41, 5.74) is 9.51. The molecule has 1 aliphatic heterocycles. The molecule has 45 heavy (non-hydrogen) atoms. The number of nitrogens with two attached hydrogens (primary N) is 1. The molecular weight excluding hydrogens is 602 g/mol. The summed E-state index contributed by atoms with van der Waals surface area (Å²) in [6.07, 6.45) is 8.89. The number of benzene rings is 1. The molecule has 0 spiro atoms. The Morgan fingerprint density at radius 2 is 1.84 bits per heavy atom. The Hall–Kier alpha value is -3.52. The maximum Gasteiger partial charge on any atom is 0.229 e. The third-order valence-electron chi connectivity index (χ3n) is 8.90. The number of aromatic nitrogens is 4. The van der Waals surface area contributed by atoms with Gasteiger partial charge in [0.25, 0.3) is 0 Å². The van der Waals surface area contributed by atoms with E-state index in [1.165, 1.54) is 22.9 Å². The van der Waals surface area contributed by atoms with Crippen LogP contribution in [0.4, 0.5) is 20.4 Å². The molecule has 1 saturated carbocycles. The largest absolute Gasteiger partial charge is 0.381 e. The molecule has 3 N–H and O–H groups in total. The van der Waals surface area contributed by atoms with E-state index in [2.05, 4.69) is 27.3 Å². The minimum absolute atomic E-state index is 0.0420. The Balaban J connectivity index is 1.23. The van der Waals surface area contributed by atoms with Crippen LogP contribution in [0.15, 0.2) is 48.9 Å².